The van der Waals surface area contributed by atoms with E-state index < -0.39 is 0 Å². The molecule has 0 N–H and O–H groups in total. The Labute approximate surface area is 197 Å². The predicted molar refractivity (Wildman–Crippen MR) is 129 cm³/mol. The van der Waals surface area contributed by atoms with Gasteiger partial charge in [0.15, 0.2) is 0 Å². The van der Waals surface area contributed by atoms with Gasteiger partial charge in [-0.15, -0.1) is 0 Å². The Morgan fingerprint density at radius 3 is 2.61 bits per heavy atom. The first-order valence-corrected chi connectivity index (χ1v) is 11.4. The molecule has 7 nitrogen and oxygen atoms in total. The van der Waals surface area contributed by atoms with Crippen molar-refractivity contribution in [3.63, 3.8) is 0 Å². The molecule has 0 spiro atoms. The monoisotopic (exact) mass is 460 g/mol. The Morgan fingerprint density at radius 1 is 1.30 bits per heavy atom. The Kier molecular flexibility index (Phi) is 13.7. The standard InChI is InChI=1S/C15H24N4O.C8H7FO2.C2H6/c1-5-11(2)14-15(12(3)17-10-18-14)16-8-13-9-19(4)6-7-20-13;9-8-3-1-7(2-4-8)5-11-6-10;1-2/h8,10-11,13H,5-7,9H2,1-4H3;1-4,6H,5H2;1-2H3/t11?,13-;;/m1../s1. The zero-order chi connectivity index (χ0) is 24.6. The van der Waals surface area contributed by atoms with Crippen molar-refractivity contribution in [2.45, 2.75) is 59.7 Å². The van der Waals surface area contributed by atoms with E-state index in [0.29, 0.717) is 12.4 Å². The molecule has 1 aliphatic rings. The molecule has 8 heteroatoms. The molecule has 1 unspecified atom stereocenters. The number of rotatable bonds is 7. The number of likely N-dealkylation sites (N-methyl/N-ethyl adjacent to an activating group) is 1. The van der Waals surface area contributed by atoms with E-state index in [0.717, 1.165) is 48.8 Å². The summed E-state index contributed by atoms with van der Waals surface area (Å²) in [6.45, 7) is 13.5. The van der Waals surface area contributed by atoms with Gasteiger partial charge in [-0.05, 0) is 38.1 Å². The van der Waals surface area contributed by atoms with Crippen LogP contribution >= 0.6 is 0 Å². The molecule has 1 aromatic heterocycles. The molecule has 1 fully saturated rings. The Balaban J connectivity index is 0.000000354. The fraction of sp³-hybridized carbons (Fsp3) is 0.520. The highest BCUT2D eigenvalue weighted by Gasteiger charge is 2.17. The second-order valence-corrected chi connectivity index (χ2v) is 7.49. The van der Waals surface area contributed by atoms with E-state index in [2.05, 4.69) is 45.5 Å². The van der Waals surface area contributed by atoms with Crippen LogP contribution in [0.5, 0.6) is 0 Å². The van der Waals surface area contributed by atoms with Crippen molar-refractivity contribution < 1.29 is 18.7 Å². The highest BCUT2D eigenvalue weighted by atomic mass is 19.1. The van der Waals surface area contributed by atoms with Crippen molar-refractivity contribution in [3.05, 3.63) is 53.4 Å². The summed E-state index contributed by atoms with van der Waals surface area (Å²) in [5, 5.41) is 0. The minimum atomic E-state index is -0.292. The van der Waals surface area contributed by atoms with Crippen LogP contribution in [0.15, 0.2) is 35.6 Å². The fourth-order valence-corrected chi connectivity index (χ4v) is 2.97. The molecular weight excluding hydrogens is 423 g/mol. The molecule has 33 heavy (non-hydrogen) atoms. The molecule has 0 radical (unpaired) electrons. The molecule has 1 aliphatic heterocycles. The third-order valence-electron chi connectivity index (χ3n) is 5.01. The van der Waals surface area contributed by atoms with Gasteiger partial charge in [0, 0.05) is 25.2 Å². The van der Waals surface area contributed by atoms with Gasteiger partial charge in [-0.25, -0.2) is 14.4 Å². The number of aromatic nitrogens is 2. The summed E-state index contributed by atoms with van der Waals surface area (Å²) in [4.78, 5) is 25.3. The molecule has 2 aromatic rings. The van der Waals surface area contributed by atoms with Crippen molar-refractivity contribution in [1.82, 2.24) is 14.9 Å². The van der Waals surface area contributed by atoms with Gasteiger partial charge in [0.2, 0.25) is 0 Å². The van der Waals surface area contributed by atoms with Gasteiger partial charge < -0.3 is 14.4 Å². The second-order valence-electron chi connectivity index (χ2n) is 7.49. The molecular formula is C25H37FN4O3. The minimum Gasteiger partial charge on any atom is -0.463 e. The molecule has 0 saturated carbocycles. The zero-order valence-corrected chi connectivity index (χ0v) is 20.6. The zero-order valence-electron chi connectivity index (χ0n) is 20.6. The lowest BCUT2D eigenvalue weighted by atomic mass is 10.0. The molecule has 0 aliphatic carbocycles. The van der Waals surface area contributed by atoms with Crippen LogP contribution in [0, 0.1) is 12.7 Å². The summed E-state index contributed by atoms with van der Waals surface area (Å²) in [5.41, 5.74) is 3.63. The molecule has 2 atom stereocenters. The van der Waals surface area contributed by atoms with Crippen LogP contribution in [-0.2, 0) is 20.9 Å². The number of aryl methyl sites for hydroxylation is 1. The first kappa shape index (κ1) is 28.3. The average Bonchev–Trinajstić information content (AvgIpc) is 2.84. The molecule has 1 aromatic carbocycles. The van der Waals surface area contributed by atoms with Gasteiger partial charge in [0.25, 0.3) is 6.47 Å². The molecule has 1 saturated heterocycles. The Hall–Kier alpha value is -2.71. The number of aliphatic imine (C=N–C) groups is 1. The lowest BCUT2D eigenvalue weighted by molar-refractivity contribution is -0.129. The van der Waals surface area contributed by atoms with Crippen LogP contribution in [0.1, 0.15) is 57.0 Å². The van der Waals surface area contributed by atoms with Crippen molar-refractivity contribution in [2.75, 3.05) is 26.7 Å². The molecule has 2 heterocycles. The number of morpholine rings is 1. The summed E-state index contributed by atoms with van der Waals surface area (Å²) in [5.74, 6) is 0.0960. The Bertz CT molecular complexity index is 846. The van der Waals surface area contributed by atoms with Gasteiger partial charge in [-0.2, -0.15) is 0 Å². The first-order chi connectivity index (χ1) is 15.9. The van der Waals surface area contributed by atoms with Crippen molar-refractivity contribution >= 4 is 18.4 Å². The summed E-state index contributed by atoms with van der Waals surface area (Å²) in [6.07, 6.45) is 4.62. The van der Waals surface area contributed by atoms with Crippen LogP contribution in [0.25, 0.3) is 0 Å². The van der Waals surface area contributed by atoms with E-state index in [1.165, 1.54) is 12.1 Å². The lowest BCUT2D eigenvalue weighted by Crippen LogP contribution is -2.40. The van der Waals surface area contributed by atoms with Gasteiger partial charge in [-0.1, -0.05) is 39.8 Å². The number of carbonyl (C=O) groups excluding carboxylic acids is 1. The van der Waals surface area contributed by atoms with Crippen LogP contribution in [-0.4, -0.2) is 60.4 Å². The average molecular weight is 461 g/mol. The molecule has 3 rings (SSSR count). The van der Waals surface area contributed by atoms with Crippen molar-refractivity contribution in [3.8, 4) is 0 Å². The number of ether oxygens (including phenoxy) is 2. The van der Waals surface area contributed by atoms with Crippen LogP contribution in [0.4, 0.5) is 10.1 Å². The maximum absolute atomic E-state index is 12.3. The van der Waals surface area contributed by atoms with Crippen LogP contribution in [0.3, 0.4) is 0 Å². The summed E-state index contributed by atoms with van der Waals surface area (Å²) < 4.78 is 22.5. The third-order valence-corrected chi connectivity index (χ3v) is 5.01. The predicted octanol–water partition coefficient (Wildman–Crippen LogP) is 4.86. The van der Waals surface area contributed by atoms with E-state index in [1.807, 2.05) is 27.0 Å². The number of halogens is 1. The fourth-order valence-electron chi connectivity index (χ4n) is 2.97. The number of benzene rings is 1. The topological polar surface area (TPSA) is 76.9 Å². The molecule has 0 bridgehead atoms. The maximum atomic E-state index is 12.3. The van der Waals surface area contributed by atoms with Crippen molar-refractivity contribution in [2.24, 2.45) is 4.99 Å². The summed E-state index contributed by atoms with van der Waals surface area (Å²) in [7, 11) is 2.10. The smallest absolute Gasteiger partial charge is 0.293 e. The minimum absolute atomic E-state index is 0.0538. The quantitative estimate of drug-likeness (QED) is 0.434. The lowest BCUT2D eigenvalue weighted by Gasteiger charge is -2.27. The maximum Gasteiger partial charge on any atom is 0.293 e. The van der Waals surface area contributed by atoms with E-state index in [9.17, 15) is 9.18 Å². The number of nitrogens with zero attached hydrogens (tertiary/aromatic N) is 4. The molecule has 182 valence electrons. The highest BCUT2D eigenvalue weighted by Crippen LogP contribution is 2.28. The normalized spacial score (nSPS) is 16.8. The van der Waals surface area contributed by atoms with Gasteiger partial charge in [-0.3, -0.25) is 9.79 Å². The van der Waals surface area contributed by atoms with Crippen molar-refractivity contribution in [1.29, 1.82) is 0 Å². The second kappa shape index (κ2) is 16.0. The van der Waals surface area contributed by atoms with E-state index in [1.54, 1.807) is 18.5 Å². The largest absolute Gasteiger partial charge is 0.463 e. The third kappa shape index (κ3) is 10.2. The summed E-state index contributed by atoms with van der Waals surface area (Å²) >= 11 is 0. The van der Waals surface area contributed by atoms with E-state index in [4.69, 9.17) is 4.74 Å². The van der Waals surface area contributed by atoms with Crippen LogP contribution < -0.4 is 0 Å². The molecule has 0 amide bonds. The summed E-state index contributed by atoms with van der Waals surface area (Å²) in [6, 6.07) is 5.78. The number of hydrogen-bond donors (Lipinski definition) is 0. The number of hydrogen-bond acceptors (Lipinski definition) is 7. The SMILES string of the molecule is CC.CCC(C)c1ncnc(C)c1N=C[C@@H]1CN(C)CCO1.O=COCc1ccc(F)cc1. The van der Waals surface area contributed by atoms with Gasteiger partial charge in [0.05, 0.1) is 18.0 Å². The first-order valence-electron chi connectivity index (χ1n) is 11.4. The van der Waals surface area contributed by atoms with E-state index >= 15 is 0 Å². The number of carbonyl (C=O) groups is 1. The van der Waals surface area contributed by atoms with Gasteiger partial charge >= 0.3 is 0 Å². The van der Waals surface area contributed by atoms with Crippen LogP contribution in [0.2, 0.25) is 0 Å². The Morgan fingerprint density at radius 2 is 2.00 bits per heavy atom. The highest BCUT2D eigenvalue weighted by molar-refractivity contribution is 5.69. The van der Waals surface area contributed by atoms with E-state index in [-0.39, 0.29) is 18.5 Å². The van der Waals surface area contributed by atoms with Gasteiger partial charge in [0.1, 0.15) is 30.5 Å².